The smallest absolute Gasteiger partial charge is 0.272 e. The Labute approximate surface area is 130 Å². The van der Waals surface area contributed by atoms with E-state index in [1.54, 1.807) is 49.6 Å². The molecule has 1 aromatic carbocycles. The number of amides is 1. The van der Waals surface area contributed by atoms with Gasteiger partial charge in [-0.2, -0.15) is 0 Å². The lowest BCUT2D eigenvalue weighted by molar-refractivity contribution is -0.113. The maximum Gasteiger partial charge on any atom is 0.272 e. The highest BCUT2D eigenvalue weighted by molar-refractivity contribution is 7.79. The monoisotopic (exact) mass is 317 g/mol. The third kappa shape index (κ3) is 4.00. The first-order chi connectivity index (χ1) is 10.6. The number of aromatic nitrogens is 1. The molecule has 3 N–H and O–H groups in total. The molecule has 7 heteroatoms. The Balaban J connectivity index is 2.28. The van der Waals surface area contributed by atoms with Gasteiger partial charge in [0.05, 0.1) is 4.90 Å². The standard InChI is InChI=1S/C15H15N3O3S/c1-16-12(15(19)18-14-8-4-5-9-17-14)10-11-6-2-3-7-13(11)22(20)21/h2-10,16H,1H3,(H,20,21)(H,17,18,19)/b12-10-. The zero-order valence-electron chi connectivity index (χ0n) is 11.8. The topological polar surface area (TPSA) is 91.3 Å². The van der Waals surface area contributed by atoms with Crippen molar-refractivity contribution in [3.63, 3.8) is 0 Å². The summed E-state index contributed by atoms with van der Waals surface area (Å²) in [6.07, 6.45) is 3.09. The molecule has 0 fully saturated rings. The summed E-state index contributed by atoms with van der Waals surface area (Å²) in [5.41, 5.74) is 0.743. The molecule has 0 saturated carbocycles. The Bertz CT molecular complexity index is 717. The van der Waals surface area contributed by atoms with E-state index in [2.05, 4.69) is 15.6 Å². The van der Waals surface area contributed by atoms with E-state index in [0.29, 0.717) is 11.4 Å². The molecule has 0 bridgehead atoms. The maximum atomic E-state index is 12.2. The highest BCUT2D eigenvalue weighted by atomic mass is 32.2. The molecule has 1 amide bonds. The summed E-state index contributed by atoms with van der Waals surface area (Å²) in [4.78, 5) is 16.5. The van der Waals surface area contributed by atoms with E-state index in [4.69, 9.17) is 0 Å². The molecular weight excluding hydrogens is 302 g/mol. The van der Waals surface area contributed by atoms with Crippen LogP contribution in [-0.2, 0) is 15.9 Å². The predicted molar refractivity (Wildman–Crippen MR) is 85.4 cm³/mol. The van der Waals surface area contributed by atoms with Crippen molar-refractivity contribution in [2.45, 2.75) is 4.90 Å². The van der Waals surface area contributed by atoms with E-state index < -0.39 is 11.1 Å². The van der Waals surface area contributed by atoms with E-state index in [0.717, 1.165) is 0 Å². The first-order valence-electron chi connectivity index (χ1n) is 6.43. The fraction of sp³-hybridized carbons (Fsp3) is 0.0667. The number of carbonyl (C=O) groups excluding carboxylic acids is 1. The van der Waals surface area contributed by atoms with Gasteiger partial charge in [-0.15, -0.1) is 0 Å². The first kappa shape index (κ1) is 15.9. The van der Waals surface area contributed by atoms with Crippen molar-refractivity contribution >= 4 is 28.9 Å². The minimum Gasteiger partial charge on any atom is -0.384 e. The lowest BCUT2D eigenvalue weighted by Crippen LogP contribution is -2.23. The molecule has 1 heterocycles. The number of hydrogen-bond donors (Lipinski definition) is 3. The molecular formula is C15H15N3O3S. The molecule has 0 aliphatic rings. The van der Waals surface area contributed by atoms with Crippen LogP contribution in [0.25, 0.3) is 6.08 Å². The molecule has 114 valence electrons. The summed E-state index contributed by atoms with van der Waals surface area (Å²) in [6.45, 7) is 0. The van der Waals surface area contributed by atoms with Crippen LogP contribution in [0.4, 0.5) is 5.82 Å². The third-order valence-electron chi connectivity index (χ3n) is 2.83. The minimum absolute atomic E-state index is 0.237. The number of carbonyl (C=O) groups is 1. The van der Waals surface area contributed by atoms with Gasteiger partial charge in [-0.3, -0.25) is 4.79 Å². The van der Waals surface area contributed by atoms with E-state index in [9.17, 15) is 13.6 Å². The number of benzene rings is 1. The van der Waals surface area contributed by atoms with Crippen LogP contribution < -0.4 is 10.6 Å². The fourth-order valence-corrected chi connectivity index (χ4v) is 2.31. The lowest BCUT2D eigenvalue weighted by Gasteiger charge is -2.09. The molecule has 0 aliphatic carbocycles. The molecule has 1 aromatic heterocycles. The molecule has 1 atom stereocenters. The summed E-state index contributed by atoms with van der Waals surface area (Å²) in [6, 6.07) is 11.8. The molecule has 0 radical (unpaired) electrons. The van der Waals surface area contributed by atoms with E-state index in [-0.39, 0.29) is 16.5 Å². The zero-order valence-corrected chi connectivity index (χ0v) is 12.6. The fourth-order valence-electron chi connectivity index (χ4n) is 1.79. The first-order valence-corrected chi connectivity index (χ1v) is 7.54. The van der Waals surface area contributed by atoms with Gasteiger partial charge in [0.1, 0.15) is 11.5 Å². The summed E-state index contributed by atoms with van der Waals surface area (Å²) in [5, 5.41) is 5.42. The Morgan fingerprint density at radius 1 is 1.23 bits per heavy atom. The van der Waals surface area contributed by atoms with Gasteiger partial charge in [0.2, 0.25) is 0 Å². The second-order valence-electron chi connectivity index (χ2n) is 4.26. The van der Waals surface area contributed by atoms with E-state index in [1.165, 1.54) is 12.1 Å². The average molecular weight is 317 g/mol. The highest BCUT2D eigenvalue weighted by Gasteiger charge is 2.11. The van der Waals surface area contributed by atoms with Gasteiger partial charge in [0, 0.05) is 13.2 Å². The van der Waals surface area contributed by atoms with E-state index in [1.807, 2.05) is 0 Å². The molecule has 6 nitrogen and oxygen atoms in total. The number of likely N-dealkylation sites (N-methyl/N-ethyl adjacent to an activating group) is 1. The second-order valence-corrected chi connectivity index (χ2v) is 5.20. The molecule has 2 rings (SSSR count). The van der Waals surface area contributed by atoms with Gasteiger partial charge in [-0.25, -0.2) is 9.19 Å². The summed E-state index contributed by atoms with van der Waals surface area (Å²) >= 11 is -2.13. The summed E-state index contributed by atoms with van der Waals surface area (Å²) in [7, 11) is 1.60. The van der Waals surface area contributed by atoms with Gasteiger partial charge in [-0.05, 0) is 29.8 Å². The van der Waals surface area contributed by atoms with Crippen LogP contribution in [0.2, 0.25) is 0 Å². The number of nitrogens with one attached hydrogen (secondary N) is 2. The second kappa shape index (κ2) is 7.48. The molecule has 0 aliphatic heterocycles. The SMILES string of the molecule is CN/C(=C\c1ccccc1S(=O)O)C(=O)Nc1ccccn1. The van der Waals surface area contributed by atoms with Crippen molar-refractivity contribution in [1.82, 2.24) is 10.3 Å². The molecule has 0 saturated heterocycles. The van der Waals surface area contributed by atoms with Crippen molar-refractivity contribution < 1.29 is 13.6 Å². The average Bonchev–Trinajstić information content (AvgIpc) is 2.53. The van der Waals surface area contributed by atoms with Gasteiger partial charge in [0.25, 0.3) is 5.91 Å². The Morgan fingerprint density at radius 3 is 2.59 bits per heavy atom. The van der Waals surface area contributed by atoms with Crippen molar-refractivity contribution in [1.29, 1.82) is 0 Å². The number of nitrogens with zero attached hydrogens (tertiary/aromatic N) is 1. The molecule has 2 aromatic rings. The highest BCUT2D eigenvalue weighted by Crippen LogP contribution is 2.16. The van der Waals surface area contributed by atoms with E-state index >= 15 is 0 Å². The number of pyridine rings is 1. The van der Waals surface area contributed by atoms with Gasteiger partial charge < -0.3 is 15.2 Å². The Morgan fingerprint density at radius 2 is 1.95 bits per heavy atom. The minimum atomic E-state index is -2.13. The van der Waals surface area contributed by atoms with Crippen LogP contribution in [0.3, 0.4) is 0 Å². The Kier molecular flexibility index (Phi) is 5.40. The van der Waals surface area contributed by atoms with Crippen LogP contribution in [-0.4, -0.2) is 26.7 Å². The normalized spacial score (nSPS) is 12.5. The van der Waals surface area contributed by atoms with Crippen molar-refractivity contribution in [3.8, 4) is 0 Å². The molecule has 0 spiro atoms. The summed E-state index contributed by atoms with van der Waals surface area (Å²) < 4.78 is 20.6. The van der Waals surface area contributed by atoms with Crippen molar-refractivity contribution in [2.24, 2.45) is 0 Å². The number of rotatable bonds is 5. The van der Waals surface area contributed by atoms with Gasteiger partial charge in [0.15, 0.2) is 11.1 Å². The van der Waals surface area contributed by atoms with Crippen LogP contribution in [0.1, 0.15) is 5.56 Å². The van der Waals surface area contributed by atoms with Crippen LogP contribution in [0.5, 0.6) is 0 Å². The maximum absolute atomic E-state index is 12.2. The Hall–Kier alpha value is -2.51. The number of hydrogen-bond acceptors (Lipinski definition) is 4. The largest absolute Gasteiger partial charge is 0.384 e. The third-order valence-corrected chi connectivity index (χ3v) is 3.58. The van der Waals surface area contributed by atoms with Gasteiger partial charge in [-0.1, -0.05) is 24.3 Å². The molecule has 22 heavy (non-hydrogen) atoms. The zero-order chi connectivity index (χ0) is 15.9. The summed E-state index contributed by atoms with van der Waals surface area (Å²) in [5.74, 6) is 0.0346. The van der Waals surface area contributed by atoms with Crippen molar-refractivity contribution in [3.05, 3.63) is 59.9 Å². The predicted octanol–water partition coefficient (Wildman–Crippen LogP) is 1.86. The van der Waals surface area contributed by atoms with Gasteiger partial charge >= 0.3 is 0 Å². The van der Waals surface area contributed by atoms with Crippen LogP contribution >= 0.6 is 0 Å². The van der Waals surface area contributed by atoms with Crippen LogP contribution in [0, 0.1) is 0 Å². The number of anilines is 1. The molecule has 1 unspecified atom stereocenters. The lowest BCUT2D eigenvalue weighted by atomic mass is 10.2. The van der Waals surface area contributed by atoms with Crippen LogP contribution in [0.15, 0.2) is 59.3 Å². The quantitative estimate of drug-likeness (QED) is 0.578. The van der Waals surface area contributed by atoms with Crippen molar-refractivity contribution in [2.75, 3.05) is 12.4 Å².